The van der Waals surface area contributed by atoms with Gasteiger partial charge in [0.25, 0.3) is 9.70 Å². The average Bonchev–Trinajstić information content (AvgIpc) is 3.01. The molecule has 5 rings (SSSR count). The first kappa shape index (κ1) is 32.5. The monoisotopic (exact) mass is 666 g/mol. The summed E-state index contributed by atoms with van der Waals surface area (Å²) in [5.74, 6) is -0.692. The van der Waals surface area contributed by atoms with Crippen molar-refractivity contribution in [1.29, 1.82) is 0 Å². The summed E-state index contributed by atoms with van der Waals surface area (Å²) in [7, 11) is 0. The highest BCUT2D eigenvalue weighted by Crippen LogP contribution is 2.39. The number of likely N-dealkylation sites (tertiary alicyclic amines) is 1. The van der Waals surface area contributed by atoms with Crippen LogP contribution in [-0.2, 0) is 33.0 Å². The summed E-state index contributed by atoms with van der Waals surface area (Å²) >= 11 is 23.0. The number of rotatable bonds is 8. The molecule has 11 heteroatoms. The van der Waals surface area contributed by atoms with Crippen molar-refractivity contribution in [3.63, 3.8) is 0 Å². The predicted octanol–water partition coefficient (Wildman–Crippen LogP) is 6.35. The molecule has 3 aromatic rings. The number of carbonyl (C=O) groups is 1. The summed E-state index contributed by atoms with van der Waals surface area (Å²) in [5, 5.41) is 24.1. The van der Waals surface area contributed by atoms with Gasteiger partial charge in [-0.3, -0.25) is 4.79 Å². The summed E-state index contributed by atoms with van der Waals surface area (Å²) < 4.78 is 10.9. The molecule has 3 N–H and O–H groups in total. The second kappa shape index (κ2) is 14.0. The van der Waals surface area contributed by atoms with Gasteiger partial charge in [-0.25, -0.2) is 0 Å². The Labute approximate surface area is 271 Å². The van der Waals surface area contributed by atoms with E-state index >= 15 is 0 Å². The predicted molar refractivity (Wildman–Crippen MR) is 168 cm³/mol. The van der Waals surface area contributed by atoms with E-state index in [0.29, 0.717) is 30.8 Å². The second-order valence-electron chi connectivity index (χ2n) is 11.1. The minimum absolute atomic E-state index is 0.0219. The summed E-state index contributed by atoms with van der Waals surface area (Å²) in [5.41, 5.74) is 3.53. The van der Waals surface area contributed by atoms with E-state index in [1.807, 2.05) is 72.8 Å². The first-order valence-electron chi connectivity index (χ1n) is 14.2. The van der Waals surface area contributed by atoms with Crippen LogP contribution in [0.1, 0.15) is 59.5 Å². The van der Waals surface area contributed by atoms with Gasteiger partial charge in [0.15, 0.2) is 6.29 Å². The largest absolute Gasteiger partial charge is 0.392 e. The molecular formula is C32H34Cl4N2O5. The highest BCUT2D eigenvalue weighted by atomic mass is 35.6. The summed E-state index contributed by atoms with van der Waals surface area (Å²) in [6.07, 6.45) is 0.949. The molecule has 0 radical (unpaired) electrons. The number of piperidine rings is 1. The van der Waals surface area contributed by atoms with Gasteiger partial charge in [0.05, 0.1) is 24.4 Å². The first-order valence-corrected chi connectivity index (χ1v) is 15.7. The van der Waals surface area contributed by atoms with Gasteiger partial charge in [0, 0.05) is 43.2 Å². The second-order valence-corrected chi connectivity index (χ2v) is 13.8. The zero-order valence-electron chi connectivity index (χ0n) is 23.4. The molecule has 3 atom stereocenters. The number of amides is 1. The van der Waals surface area contributed by atoms with Crippen LogP contribution in [0, 0.1) is 0 Å². The fourth-order valence-corrected chi connectivity index (χ4v) is 5.88. The number of alkyl halides is 3. The van der Waals surface area contributed by atoms with E-state index in [4.69, 9.17) is 55.9 Å². The van der Waals surface area contributed by atoms with E-state index < -0.39 is 21.6 Å². The van der Waals surface area contributed by atoms with Gasteiger partial charge in [-0.1, -0.05) is 107 Å². The molecule has 3 aromatic carbocycles. The van der Waals surface area contributed by atoms with Crippen LogP contribution in [0.2, 0.25) is 5.02 Å². The number of halogens is 4. The van der Waals surface area contributed by atoms with E-state index in [1.54, 1.807) is 0 Å². The fourth-order valence-electron chi connectivity index (χ4n) is 5.55. The van der Waals surface area contributed by atoms with Crippen LogP contribution in [0.4, 0.5) is 0 Å². The molecule has 7 nitrogen and oxygen atoms in total. The topological polar surface area (TPSA) is 91.3 Å². The van der Waals surface area contributed by atoms with Gasteiger partial charge >= 0.3 is 0 Å². The number of carbonyl (C=O) groups excluding carboxylic acids is 1. The Bertz CT molecular complexity index is 1360. The van der Waals surface area contributed by atoms with Gasteiger partial charge in [-0.2, -0.15) is 0 Å². The van der Waals surface area contributed by atoms with Crippen LogP contribution in [0.5, 0.6) is 0 Å². The van der Waals surface area contributed by atoms with Crippen molar-refractivity contribution in [3.8, 4) is 0 Å². The van der Waals surface area contributed by atoms with Gasteiger partial charge < -0.3 is 29.9 Å². The number of nitrogens with zero attached hydrogens (tertiary/aromatic N) is 1. The Kier molecular flexibility index (Phi) is 10.6. The SMILES string of the molecule is O=C(NCc1ccc([C@@H]2O[C@H](CN3CCC(O)(c4ccc(Cl)cc4)CC3)C[C@H](c3ccc(CO)cc3)O2)cc1)C(Cl)(Cl)Cl. The maximum Gasteiger partial charge on any atom is 0.272 e. The summed E-state index contributed by atoms with van der Waals surface area (Å²) in [6.45, 7) is 2.35. The van der Waals surface area contributed by atoms with Crippen molar-refractivity contribution in [2.45, 2.75) is 60.3 Å². The standard InChI is InChI=1S/C32H34Cl4N2O5/c33-26-11-9-25(10-12-26)31(41)13-15-38(16-14-31)19-27-17-28(23-5-3-22(20-39)4-6-23)43-29(42-27)24-7-1-21(2-8-24)18-37-30(40)32(34,35)36/h1-12,27-29,39,41H,13-20H2,(H,37,40)/t27-,28+,29+/m0/s1. The molecule has 2 aliphatic heterocycles. The molecule has 0 spiro atoms. The fraction of sp³-hybridized carbons (Fsp3) is 0.406. The van der Waals surface area contributed by atoms with Crippen molar-refractivity contribution in [3.05, 3.63) is 106 Å². The quantitative estimate of drug-likeness (QED) is 0.243. The summed E-state index contributed by atoms with van der Waals surface area (Å²) in [4.78, 5) is 14.2. The zero-order valence-corrected chi connectivity index (χ0v) is 26.4. The number of aliphatic hydroxyl groups excluding tert-OH is 1. The van der Waals surface area contributed by atoms with Crippen LogP contribution in [0.3, 0.4) is 0 Å². The lowest BCUT2D eigenvalue weighted by Crippen LogP contribution is -2.46. The lowest BCUT2D eigenvalue weighted by molar-refractivity contribution is -0.253. The minimum atomic E-state index is -2.02. The van der Waals surface area contributed by atoms with Gasteiger partial charge in [-0.15, -0.1) is 0 Å². The number of hydrogen-bond acceptors (Lipinski definition) is 6. The molecule has 0 aliphatic carbocycles. The molecule has 43 heavy (non-hydrogen) atoms. The van der Waals surface area contributed by atoms with Crippen molar-refractivity contribution in [2.75, 3.05) is 19.6 Å². The Morgan fingerprint density at radius 1 is 0.907 bits per heavy atom. The number of aliphatic hydroxyl groups is 2. The van der Waals surface area contributed by atoms with Crippen LogP contribution < -0.4 is 5.32 Å². The lowest BCUT2D eigenvalue weighted by Gasteiger charge is -2.42. The maximum atomic E-state index is 11.9. The van der Waals surface area contributed by atoms with Crippen LogP contribution in [0.15, 0.2) is 72.8 Å². The van der Waals surface area contributed by atoms with Crippen molar-refractivity contribution >= 4 is 52.3 Å². The number of nitrogens with one attached hydrogen (secondary N) is 1. The van der Waals surface area contributed by atoms with Crippen LogP contribution in [0.25, 0.3) is 0 Å². The van der Waals surface area contributed by atoms with E-state index in [1.165, 1.54) is 0 Å². The molecule has 2 aliphatic rings. The first-order chi connectivity index (χ1) is 20.5. The van der Waals surface area contributed by atoms with Gasteiger partial charge in [-0.05, 0) is 47.2 Å². The summed E-state index contributed by atoms with van der Waals surface area (Å²) in [6, 6.07) is 22.8. The molecule has 2 fully saturated rings. The Morgan fingerprint density at radius 3 is 2.12 bits per heavy atom. The maximum absolute atomic E-state index is 11.9. The number of ether oxygens (including phenoxy) is 2. The third-order valence-corrected chi connectivity index (χ3v) is 8.87. The molecule has 230 valence electrons. The molecule has 2 saturated heterocycles. The van der Waals surface area contributed by atoms with Gasteiger partial charge in [0.1, 0.15) is 0 Å². The van der Waals surface area contributed by atoms with E-state index in [9.17, 15) is 15.0 Å². The zero-order chi connectivity index (χ0) is 30.6. The molecule has 0 unspecified atom stereocenters. The van der Waals surface area contributed by atoms with E-state index in [2.05, 4.69) is 10.2 Å². The Morgan fingerprint density at radius 2 is 1.51 bits per heavy atom. The number of hydrogen-bond donors (Lipinski definition) is 3. The Balaban J connectivity index is 1.26. The average molecular weight is 668 g/mol. The highest BCUT2D eigenvalue weighted by Gasteiger charge is 2.37. The van der Waals surface area contributed by atoms with E-state index in [0.717, 1.165) is 40.9 Å². The smallest absolute Gasteiger partial charge is 0.272 e. The molecule has 0 bridgehead atoms. The van der Waals surface area contributed by atoms with E-state index in [-0.39, 0.29) is 25.4 Å². The minimum Gasteiger partial charge on any atom is -0.392 e. The molecular weight excluding hydrogens is 634 g/mol. The number of benzene rings is 3. The van der Waals surface area contributed by atoms with Crippen molar-refractivity contribution in [2.24, 2.45) is 0 Å². The Hall–Kier alpha value is -1.91. The lowest BCUT2D eigenvalue weighted by atomic mass is 9.84. The molecule has 1 amide bonds. The third-order valence-electron chi connectivity index (χ3n) is 8.10. The van der Waals surface area contributed by atoms with Crippen LogP contribution >= 0.6 is 46.4 Å². The molecule has 2 heterocycles. The van der Waals surface area contributed by atoms with Crippen LogP contribution in [-0.4, -0.2) is 50.6 Å². The van der Waals surface area contributed by atoms with Gasteiger partial charge in [0.2, 0.25) is 0 Å². The van der Waals surface area contributed by atoms with Crippen molar-refractivity contribution < 1.29 is 24.5 Å². The molecule has 0 saturated carbocycles. The third kappa shape index (κ3) is 8.42. The normalized spacial score (nSPS) is 22.7. The van der Waals surface area contributed by atoms with Crippen molar-refractivity contribution in [1.82, 2.24) is 10.2 Å². The molecule has 0 aromatic heterocycles. The highest BCUT2D eigenvalue weighted by molar-refractivity contribution is 6.76.